The van der Waals surface area contributed by atoms with Crippen LogP contribution < -0.4 is 0 Å². The van der Waals surface area contributed by atoms with Gasteiger partial charge in [0.05, 0.1) is 12.3 Å². The van der Waals surface area contributed by atoms with E-state index in [0.717, 1.165) is 5.71 Å². The van der Waals surface area contributed by atoms with Crippen LogP contribution in [0.1, 0.15) is 13.3 Å². The molecule has 2 heterocycles. The van der Waals surface area contributed by atoms with Gasteiger partial charge >= 0.3 is 6.09 Å². The molecule has 0 saturated carbocycles. The summed E-state index contributed by atoms with van der Waals surface area (Å²) in [6.45, 7) is 2.94. The summed E-state index contributed by atoms with van der Waals surface area (Å²) in [5, 5.41) is 3.76. The highest BCUT2D eigenvalue weighted by atomic mass is 16.7. The Morgan fingerprint density at radius 1 is 1.67 bits per heavy atom. The van der Waals surface area contributed by atoms with E-state index in [1.807, 2.05) is 6.92 Å². The second-order valence-corrected chi connectivity index (χ2v) is 2.90. The molecule has 2 aliphatic rings. The molecule has 2 rings (SSSR count). The summed E-state index contributed by atoms with van der Waals surface area (Å²) in [6, 6.07) is 0. The minimum Gasteiger partial charge on any atom is -0.447 e. The molecule has 0 aliphatic carbocycles. The fourth-order valence-corrected chi connectivity index (χ4v) is 1.31. The smallest absolute Gasteiger partial charge is 0.412 e. The van der Waals surface area contributed by atoms with Crippen molar-refractivity contribution in [1.29, 1.82) is 0 Å². The molecule has 1 fully saturated rings. The van der Waals surface area contributed by atoms with E-state index in [1.54, 1.807) is 4.90 Å². The zero-order chi connectivity index (χ0) is 8.55. The molecule has 5 nitrogen and oxygen atoms in total. The molecular weight excluding hydrogens is 160 g/mol. The summed E-state index contributed by atoms with van der Waals surface area (Å²) < 4.78 is 4.77. The van der Waals surface area contributed by atoms with E-state index in [4.69, 9.17) is 9.57 Å². The molecule has 1 atom stereocenters. The van der Waals surface area contributed by atoms with Crippen molar-refractivity contribution in [3.05, 3.63) is 0 Å². The van der Waals surface area contributed by atoms with Gasteiger partial charge in [-0.3, -0.25) is 4.90 Å². The lowest BCUT2D eigenvalue weighted by Gasteiger charge is -2.17. The molecule has 0 spiro atoms. The molecule has 0 radical (unpaired) electrons. The van der Waals surface area contributed by atoms with Crippen molar-refractivity contribution in [3.63, 3.8) is 0 Å². The maximum Gasteiger partial charge on any atom is 0.412 e. The molecular formula is C7H10N2O3. The van der Waals surface area contributed by atoms with Crippen molar-refractivity contribution < 1.29 is 14.4 Å². The number of hydrogen-bond acceptors (Lipinski definition) is 4. The van der Waals surface area contributed by atoms with Crippen molar-refractivity contribution in [2.75, 3.05) is 13.2 Å². The van der Waals surface area contributed by atoms with Crippen molar-refractivity contribution in [1.82, 2.24) is 4.90 Å². The van der Waals surface area contributed by atoms with Gasteiger partial charge in [-0.15, -0.1) is 0 Å². The Kier molecular flexibility index (Phi) is 1.64. The van der Waals surface area contributed by atoms with Crippen molar-refractivity contribution in [2.24, 2.45) is 5.16 Å². The molecule has 1 unspecified atom stereocenters. The van der Waals surface area contributed by atoms with Crippen molar-refractivity contribution in [3.8, 4) is 0 Å². The number of amides is 1. The largest absolute Gasteiger partial charge is 0.447 e. The first kappa shape index (κ1) is 7.39. The van der Waals surface area contributed by atoms with E-state index >= 15 is 0 Å². The second kappa shape index (κ2) is 2.66. The van der Waals surface area contributed by atoms with Gasteiger partial charge in [0.1, 0.15) is 6.61 Å². The third kappa shape index (κ3) is 1.11. The maximum atomic E-state index is 11.0. The summed E-state index contributed by atoms with van der Waals surface area (Å²) in [5.41, 5.74) is 0.916. The Hall–Kier alpha value is -1.26. The zero-order valence-electron chi connectivity index (χ0n) is 6.82. The van der Waals surface area contributed by atoms with Crippen LogP contribution in [0.4, 0.5) is 4.79 Å². The van der Waals surface area contributed by atoms with Crippen LogP contribution in [0.2, 0.25) is 0 Å². The van der Waals surface area contributed by atoms with Gasteiger partial charge in [-0.25, -0.2) is 4.79 Å². The molecule has 12 heavy (non-hydrogen) atoms. The number of cyclic esters (lactones) is 1. The standard InChI is InChI=1S/C7H10N2O3/c1-5-4-6(12-8-5)9-2-3-11-7(9)10/h6H,2-4H2,1H3. The summed E-state index contributed by atoms with van der Waals surface area (Å²) >= 11 is 0. The van der Waals surface area contributed by atoms with Gasteiger partial charge in [-0.05, 0) is 6.92 Å². The molecule has 0 aromatic rings. The van der Waals surface area contributed by atoms with Crippen LogP contribution in [0.25, 0.3) is 0 Å². The molecule has 5 heteroatoms. The van der Waals surface area contributed by atoms with Crippen LogP contribution >= 0.6 is 0 Å². The average Bonchev–Trinajstić information content (AvgIpc) is 2.58. The monoisotopic (exact) mass is 170 g/mol. The maximum absolute atomic E-state index is 11.0. The molecule has 2 aliphatic heterocycles. The first-order valence-electron chi connectivity index (χ1n) is 3.90. The van der Waals surface area contributed by atoms with Crippen molar-refractivity contribution >= 4 is 11.8 Å². The van der Waals surface area contributed by atoms with Gasteiger partial charge in [0.25, 0.3) is 0 Å². The Morgan fingerprint density at radius 3 is 3.00 bits per heavy atom. The number of nitrogens with zero attached hydrogens (tertiary/aromatic N) is 2. The molecule has 0 aromatic heterocycles. The molecule has 0 N–H and O–H groups in total. The number of rotatable bonds is 1. The minimum atomic E-state index is -0.301. The van der Waals surface area contributed by atoms with E-state index < -0.39 is 0 Å². The summed E-state index contributed by atoms with van der Waals surface area (Å²) in [6.07, 6.45) is 0.152. The molecule has 1 saturated heterocycles. The Morgan fingerprint density at radius 2 is 2.50 bits per heavy atom. The SMILES string of the molecule is CC1=NOC(N2CCOC2=O)C1. The van der Waals surface area contributed by atoms with Crippen LogP contribution in [0.5, 0.6) is 0 Å². The van der Waals surface area contributed by atoms with Gasteiger partial charge in [0, 0.05) is 6.42 Å². The Bertz CT molecular complexity index is 239. The van der Waals surface area contributed by atoms with E-state index in [0.29, 0.717) is 19.6 Å². The number of hydrogen-bond donors (Lipinski definition) is 0. The molecule has 0 aromatic carbocycles. The fraction of sp³-hybridized carbons (Fsp3) is 0.714. The van der Waals surface area contributed by atoms with E-state index in [2.05, 4.69) is 5.16 Å². The number of oxime groups is 1. The third-order valence-electron chi connectivity index (χ3n) is 1.94. The lowest BCUT2D eigenvalue weighted by atomic mass is 10.2. The van der Waals surface area contributed by atoms with E-state index in [-0.39, 0.29) is 12.3 Å². The zero-order valence-corrected chi connectivity index (χ0v) is 6.82. The van der Waals surface area contributed by atoms with E-state index in [9.17, 15) is 4.79 Å². The van der Waals surface area contributed by atoms with Crippen LogP contribution in [0.15, 0.2) is 5.16 Å². The predicted octanol–water partition coefficient (Wildman–Crippen LogP) is 0.561. The topological polar surface area (TPSA) is 51.1 Å². The Balaban J connectivity index is 1.98. The highest BCUT2D eigenvalue weighted by molar-refractivity contribution is 5.83. The summed E-state index contributed by atoms with van der Waals surface area (Å²) in [7, 11) is 0. The fourth-order valence-electron chi connectivity index (χ4n) is 1.31. The number of ether oxygens (including phenoxy) is 1. The van der Waals surface area contributed by atoms with Crippen LogP contribution in [-0.4, -0.2) is 36.1 Å². The Labute approximate surface area is 69.9 Å². The van der Waals surface area contributed by atoms with Crippen LogP contribution in [0.3, 0.4) is 0 Å². The van der Waals surface area contributed by atoms with Gasteiger partial charge in [-0.1, -0.05) is 5.16 Å². The quantitative estimate of drug-likeness (QED) is 0.577. The molecule has 66 valence electrons. The first-order chi connectivity index (χ1) is 5.77. The van der Waals surface area contributed by atoms with Gasteiger partial charge in [-0.2, -0.15) is 0 Å². The summed E-state index contributed by atoms with van der Waals surface area (Å²) in [4.78, 5) is 17.6. The highest BCUT2D eigenvalue weighted by Crippen LogP contribution is 2.18. The highest BCUT2D eigenvalue weighted by Gasteiger charge is 2.33. The second-order valence-electron chi connectivity index (χ2n) is 2.90. The normalized spacial score (nSPS) is 28.4. The molecule has 1 amide bonds. The van der Waals surface area contributed by atoms with Gasteiger partial charge in [0.15, 0.2) is 0 Å². The van der Waals surface area contributed by atoms with Crippen molar-refractivity contribution in [2.45, 2.75) is 19.6 Å². The lowest BCUT2D eigenvalue weighted by molar-refractivity contribution is -0.00858. The van der Waals surface area contributed by atoms with Crippen LogP contribution in [-0.2, 0) is 9.57 Å². The number of carbonyl (C=O) groups excluding carboxylic acids is 1. The van der Waals surface area contributed by atoms with E-state index in [1.165, 1.54) is 0 Å². The minimum absolute atomic E-state index is 0.236. The average molecular weight is 170 g/mol. The van der Waals surface area contributed by atoms with Gasteiger partial charge < -0.3 is 9.57 Å². The number of carbonyl (C=O) groups is 1. The first-order valence-corrected chi connectivity index (χ1v) is 3.90. The lowest BCUT2D eigenvalue weighted by Crippen LogP contribution is -2.35. The molecule has 0 bridgehead atoms. The predicted molar refractivity (Wildman–Crippen MR) is 40.7 cm³/mol. The van der Waals surface area contributed by atoms with Crippen LogP contribution in [0, 0.1) is 0 Å². The summed E-state index contributed by atoms with van der Waals surface area (Å²) in [5.74, 6) is 0. The third-order valence-corrected chi connectivity index (χ3v) is 1.94. The van der Waals surface area contributed by atoms with Gasteiger partial charge in [0.2, 0.25) is 6.23 Å².